The molecule has 0 saturated carbocycles. The summed E-state index contributed by atoms with van der Waals surface area (Å²) in [5.74, 6) is 0.735. The second-order valence-electron chi connectivity index (χ2n) is 8.43. The van der Waals surface area contributed by atoms with Crippen molar-refractivity contribution in [2.45, 2.75) is 39.3 Å². The molecule has 0 fully saturated rings. The van der Waals surface area contributed by atoms with E-state index < -0.39 is 11.7 Å². The topological polar surface area (TPSA) is 105 Å². The van der Waals surface area contributed by atoms with Crippen molar-refractivity contribution < 1.29 is 9.53 Å². The molecule has 3 N–H and O–H groups in total. The molecule has 0 bridgehead atoms. The van der Waals surface area contributed by atoms with Gasteiger partial charge in [-0.1, -0.05) is 24.3 Å². The fourth-order valence-electron chi connectivity index (χ4n) is 3.02. The number of carbonyl (C=O) groups excluding carboxylic acids is 1. The van der Waals surface area contributed by atoms with Crippen molar-refractivity contribution in [1.82, 2.24) is 25.4 Å². The Balaban J connectivity index is 0.00000408. The molecule has 10 heteroatoms. The number of aliphatic imine (C=N–C) groups is 1. The second-order valence-corrected chi connectivity index (χ2v) is 8.43. The maximum Gasteiger partial charge on any atom is 0.412 e. The number of halogens is 1. The van der Waals surface area contributed by atoms with Crippen molar-refractivity contribution in [2.75, 3.05) is 18.9 Å². The van der Waals surface area contributed by atoms with Gasteiger partial charge in [0.1, 0.15) is 18.3 Å². The average molecular weight is 577 g/mol. The molecule has 0 aliphatic rings. The summed E-state index contributed by atoms with van der Waals surface area (Å²) in [6.07, 6.45) is 3.55. The van der Waals surface area contributed by atoms with Crippen LogP contribution in [0.5, 0.6) is 0 Å². The minimum atomic E-state index is -0.524. The summed E-state index contributed by atoms with van der Waals surface area (Å²) in [5, 5.41) is 13.5. The molecule has 3 aromatic rings. The molecule has 182 valence electrons. The number of hydrogen-bond acceptors (Lipinski definition) is 5. The molecule has 0 saturated heterocycles. The van der Waals surface area contributed by atoms with Crippen LogP contribution in [0.1, 0.15) is 31.9 Å². The first-order valence-electron chi connectivity index (χ1n) is 10.8. The standard InChI is InChI=1S/C24H31N7O2.HI/c1-24(2,3)33-23(32)30-20-9-5-18(6-10-20)13-14-27-22(25-4)28-15-19-7-11-21(12-8-19)31-17-26-16-29-31;/h5-12,16-17H,13-15H2,1-4H3,(H,30,32)(H2,25,27,28);1H. The van der Waals surface area contributed by atoms with E-state index in [1.165, 1.54) is 6.33 Å². The van der Waals surface area contributed by atoms with E-state index >= 15 is 0 Å². The quantitative estimate of drug-likeness (QED) is 0.222. The van der Waals surface area contributed by atoms with Crippen molar-refractivity contribution in [2.24, 2.45) is 4.99 Å². The number of carbonyl (C=O) groups is 1. The molecule has 0 atom stereocenters. The Morgan fingerprint density at radius 3 is 2.29 bits per heavy atom. The van der Waals surface area contributed by atoms with Gasteiger partial charge in [-0.2, -0.15) is 5.10 Å². The van der Waals surface area contributed by atoms with Crippen molar-refractivity contribution in [3.63, 3.8) is 0 Å². The highest BCUT2D eigenvalue weighted by Crippen LogP contribution is 2.13. The van der Waals surface area contributed by atoms with Gasteiger partial charge in [-0.25, -0.2) is 14.5 Å². The Hall–Kier alpha value is -3.15. The number of nitrogens with one attached hydrogen (secondary N) is 3. The lowest BCUT2D eigenvalue weighted by atomic mass is 10.1. The van der Waals surface area contributed by atoms with Crippen LogP contribution in [0.2, 0.25) is 0 Å². The highest BCUT2D eigenvalue weighted by atomic mass is 127. The van der Waals surface area contributed by atoms with Crippen LogP contribution < -0.4 is 16.0 Å². The minimum Gasteiger partial charge on any atom is -0.444 e. The zero-order valence-electron chi connectivity index (χ0n) is 19.9. The van der Waals surface area contributed by atoms with E-state index in [-0.39, 0.29) is 24.0 Å². The number of anilines is 1. The summed E-state index contributed by atoms with van der Waals surface area (Å²) in [4.78, 5) is 20.1. The first kappa shape index (κ1) is 27.1. The molecule has 0 unspecified atom stereocenters. The molecule has 34 heavy (non-hydrogen) atoms. The predicted molar refractivity (Wildman–Crippen MR) is 145 cm³/mol. The maximum atomic E-state index is 11.9. The molecule has 1 aromatic heterocycles. The third-order valence-corrected chi connectivity index (χ3v) is 4.61. The molecule has 2 aromatic carbocycles. The largest absolute Gasteiger partial charge is 0.444 e. The third kappa shape index (κ3) is 9.00. The molecule has 0 spiro atoms. The first-order valence-corrected chi connectivity index (χ1v) is 10.8. The minimum absolute atomic E-state index is 0. The molecular formula is C24H32IN7O2. The SMILES string of the molecule is CN=C(NCCc1ccc(NC(=O)OC(C)(C)C)cc1)NCc1ccc(-n2cncn2)cc1.I. The van der Waals surface area contributed by atoms with Crippen molar-refractivity contribution in [3.8, 4) is 5.69 Å². The number of rotatable bonds is 7. The first-order chi connectivity index (χ1) is 15.8. The summed E-state index contributed by atoms with van der Waals surface area (Å²) in [7, 11) is 1.75. The highest BCUT2D eigenvalue weighted by molar-refractivity contribution is 14.0. The number of ether oxygens (including phenoxy) is 1. The molecule has 1 amide bonds. The molecule has 0 aliphatic carbocycles. The van der Waals surface area contributed by atoms with Crippen LogP contribution in [0, 0.1) is 0 Å². The van der Waals surface area contributed by atoms with Gasteiger partial charge in [0.25, 0.3) is 0 Å². The van der Waals surface area contributed by atoms with Crippen LogP contribution in [0.4, 0.5) is 10.5 Å². The Kier molecular flexibility index (Phi) is 10.3. The zero-order chi connectivity index (χ0) is 23.7. The van der Waals surface area contributed by atoms with E-state index in [2.05, 4.69) is 31.0 Å². The predicted octanol–water partition coefficient (Wildman–Crippen LogP) is 4.14. The Labute approximate surface area is 217 Å². The lowest BCUT2D eigenvalue weighted by molar-refractivity contribution is 0.0636. The van der Waals surface area contributed by atoms with E-state index in [1.54, 1.807) is 18.1 Å². The maximum absolute atomic E-state index is 11.9. The van der Waals surface area contributed by atoms with Gasteiger partial charge in [0.05, 0.1) is 5.69 Å². The Bertz CT molecular complexity index is 1040. The van der Waals surface area contributed by atoms with Gasteiger partial charge in [0.2, 0.25) is 0 Å². The number of hydrogen-bond donors (Lipinski definition) is 3. The third-order valence-electron chi connectivity index (χ3n) is 4.61. The number of guanidine groups is 1. The van der Waals surface area contributed by atoms with Crippen LogP contribution in [0.15, 0.2) is 66.2 Å². The van der Waals surface area contributed by atoms with Gasteiger partial charge in [0.15, 0.2) is 5.96 Å². The van der Waals surface area contributed by atoms with Gasteiger partial charge in [-0.05, 0) is 62.6 Å². The zero-order valence-corrected chi connectivity index (χ0v) is 22.2. The summed E-state index contributed by atoms with van der Waals surface area (Å²) in [6, 6.07) is 15.8. The van der Waals surface area contributed by atoms with E-state index in [0.29, 0.717) is 12.2 Å². The second kappa shape index (κ2) is 12.9. The highest BCUT2D eigenvalue weighted by Gasteiger charge is 2.16. The van der Waals surface area contributed by atoms with E-state index in [4.69, 9.17) is 4.74 Å². The van der Waals surface area contributed by atoms with Crippen LogP contribution in [0.25, 0.3) is 5.69 Å². The van der Waals surface area contributed by atoms with Crippen LogP contribution in [-0.2, 0) is 17.7 Å². The molecule has 0 aliphatic heterocycles. The van der Waals surface area contributed by atoms with Crippen molar-refractivity contribution in [3.05, 3.63) is 72.3 Å². The normalized spacial score (nSPS) is 11.4. The van der Waals surface area contributed by atoms with Crippen LogP contribution in [-0.4, -0.2) is 46.0 Å². The monoisotopic (exact) mass is 577 g/mol. The fourth-order valence-corrected chi connectivity index (χ4v) is 3.02. The lowest BCUT2D eigenvalue weighted by Crippen LogP contribution is -2.37. The molecular weight excluding hydrogens is 545 g/mol. The van der Waals surface area contributed by atoms with Crippen molar-refractivity contribution in [1.29, 1.82) is 0 Å². The van der Waals surface area contributed by atoms with E-state index in [9.17, 15) is 4.79 Å². The smallest absolute Gasteiger partial charge is 0.412 e. The van der Waals surface area contributed by atoms with E-state index in [1.807, 2.05) is 69.3 Å². The molecule has 9 nitrogen and oxygen atoms in total. The van der Waals surface area contributed by atoms with Crippen LogP contribution >= 0.6 is 24.0 Å². The average Bonchev–Trinajstić information content (AvgIpc) is 3.31. The summed E-state index contributed by atoms with van der Waals surface area (Å²) >= 11 is 0. The summed E-state index contributed by atoms with van der Waals surface area (Å²) in [5.41, 5.74) is 3.43. The molecule has 0 radical (unpaired) electrons. The van der Waals surface area contributed by atoms with Crippen molar-refractivity contribution >= 4 is 41.7 Å². The van der Waals surface area contributed by atoms with Gasteiger partial charge in [-0.3, -0.25) is 10.3 Å². The van der Waals surface area contributed by atoms with Crippen LogP contribution in [0.3, 0.4) is 0 Å². The summed E-state index contributed by atoms with van der Waals surface area (Å²) < 4.78 is 6.99. The lowest BCUT2D eigenvalue weighted by Gasteiger charge is -2.19. The fraction of sp³-hybridized carbons (Fsp3) is 0.333. The Morgan fingerprint density at radius 1 is 1.03 bits per heavy atom. The van der Waals surface area contributed by atoms with E-state index in [0.717, 1.165) is 35.7 Å². The number of aromatic nitrogens is 3. The number of benzene rings is 2. The van der Waals surface area contributed by atoms with Gasteiger partial charge in [-0.15, -0.1) is 24.0 Å². The Morgan fingerprint density at radius 2 is 1.71 bits per heavy atom. The van der Waals surface area contributed by atoms with Gasteiger partial charge < -0.3 is 15.4 Å². The molecule has 3 rings (SSSR count). The van der Waals surface area contributed by atoms with Gasteiger partial charge >= 0.3 is 6.09 Å². The molecule has 1 heterocycles. The number of nitrogens with zero attached hydrogens (tertiary/aromatic N) is 4. The number of amides is 1. The summed E-state index contributed by atoms with van der Waals surface area (Å²) in [6.45, 7) is 6.89. The van der Waals surface area contributed by atoms with Gasteiger partial charge in [0, 0.05) is 25.8 Å².